The highest BCUT2D eigenvalue weighted by atomic mass is 19.1. The van der Waals surface area contributed by atoms with Gasteiger partial charge in [-0.15, -0.1) is 0 Å². The van der Waals surface area contributed by atoms with Crippen LogP contribution in [0.3, 0.4) is 0 Å². The molecule has 3 aromatic rings. The highest BCUT2D eigenvalue weighted by molar-refractivity contribution is 6.07. The molecule has 0 bridgehead atoms. The molecule has 0 atom stereocenters. The van der Waals surface area contributed by atoms with Gasteiger partial charge in [0.05, 0.1) is 28.0 Å². The fourth-order valence-electron chi connectivity index (χ4n) is 4.91. The number of carboxylic acid groups (broad SMARTS) is 1. The number of fused-ring (bicyclic) bond motifs is 1. The van der Waals surface area contributed by atoms with Crippen LogP contribution in [0.5, 0.6) is 0 Å². The van der Waals surface area contributed by atoms with Crippen molar-refractivity contribution in [2.45, 2.75) is 31.2 Å². The van der Waals surface area contributed by atoms with E-state index in [0.29, 0.717) is 36.7 Å². The maximum absolute atomic E-state index is 15.5. The third kappa shape index (κ3) is 3.33. The lowest BCUT2D eigenvalue weighted by Gasteiger charge is -2.44. The Labute approximate surface area is 188 Å². The van der Waals surface area contributed by atoms with Crippen molar-refractivity contribution in [1.82, 2.24) is 9.55 Å². The number of pyridine rings is 2. The van der Waals surface area contributed by atoms with E-state index in [1.165, 1.54) is 6.20 Å². The van der Waals surface area contributed by atoms with Gasteiger partial charge in [0.1, 0.15) is 11.4 Å². The molecule has 0 saturated heterocycles. The molecule has 1 aromatic carbocycles. The molecule has 3 heterocycles. The molecule has 1 aliphatic carbocycles. The lowest BCUT2D eigenvalue weighted by atomic mass is 9.74. The highest BCUT2D eigenvalue weighted by Gasteiger charge is 2.42. The predicted molar refractivity (Wildman–Crippen MR) is 126 cm³/mol. The summed E-state index contributed by atoms with van der Waals surface area (Å²) in [4.78, 5) is 29.0. The highest BCUT2D eigenvalue weighted by Crippen LogP contribution is 2.48. The van der Waals surface area contributed by atoms with E-state index < -0.39 is 22.8 Å². The minimum Gasteiger partial charge on any atom is -0.477 e. The van der Waals surface area contributed by atoms with E-state index in [0.717, 1.165) is 25.7 Å². The third-order valence-corrected chi connectivity index (χ3v) is 6.74. The first kappa shape index (κ1) is 21.0. The number of carbonyl (C=O) groups is 1. The van der Waals surface area contributed by atoms with Crippen molar-refractivity contribution in [2.75, 3.05) is 41.3 Å². The van der Waals surface area contributed by atoms with E-state index in [2.05, 4.69) is 20.9 Å². The van der Waals surface area contributed by atoms with Crippen molar-refractivity contribution in [1.29, 1.82) is 0 Å². The van der Waals surface area contributed by atoms with Crippen molar-refractivity contribution in [3.8, 4) is 0 Å². The van der Waals surface area contributed by atoms with Gasteiger partial charge in [-0.2, -0.15) is 0 Å². The Morgan fingerprint density at radius 1 is 1.27 bits per heavy atom. The number of nitrogens with two attached hydrogens (primary N) is 1. The van der Waals surface area contributed by atoms with Crippen molar-refractivity contribution in [3.05, 3.63) is 52.2 Å². The molecule has 0 unspecified atom stereocenters. The maximum Gasteiger partial charge on any atom is 0.341 e. The minimum absolute atomic E-state index is 0.0831. The molecule has 33 heavy (non-hydrogen) atoms. The van der Waals surface area contributed by atoms with E-state index >= 15 is 4.39 Å². The number of nitrogens with zero attached hydrogens (tertiary/aromatic N) is 2. The number of halogens is 1. The van der Waals surface area contributed by atoms with Crippen LogP contribution in [0.15, 0.2) is 35.4 Å². The second kappa shape index (κ2) is 7.95. The topological polar surface area (TPSA) is 134 Å². The molecule has 1 saturated carbocycles. The van der Waals surface area contributed by atoms with Crippen LogP contribution in [-0.2, 0) is 5.54 Å². The summed E-state index contributed by atoms with van der Waals surface area (Å²) in [6, 6.07) is 5.52. The average Bonchev–Trinajstić information content (AvgIpc) is 2.95. The molecule has 0 amide bonds. The summed E-state index contributed by atoms with van der Waals surface area (Å²) in [5.74, 6) is -1.41. The van der Waals surface area contributed by atoms with Crippen molar-refractivity contribution >= 4 is 39.8 Å². The van der Waals surface area contributed by atoms with Gasteiger partial charge in [-0.25, -0.2) is 14.2 Å². The van der Waals surface area contributed by atoms with E-state index in [-0.39, 0.29) is 22.3 Å². The molecule has 1 aliphatic heterocycles. The van der Waals surface area contributed by atoms with E-state index in [4.69, 9.17) is 5.73 Å². The Bertz CT molecular complexity index is 1300. The van der Waals surface area contributed by atoms with Crippen LogP contribution >= 0.6 is 0 Å². The zero-order chi connectivity index (χ0) is 23.2. The molecule has 172 valence electrons. The van der Waals surface area contributed by atoms with E-state index in [9.17, 15) is 14.7 Å². The molecule has 10 heteroatoms. The van der Waals surface area contributed by atoms with Crippen LogP contribution in [0, 0.1) is 5.82 Å². The normalized spacial score (nSPS) is 16.0. The average molecular weight is 452 g/mol. The van der Waals surface area contributed by atoms with Crippen molar-refractivity contribution in [2.24, 2.45) is 0 Å². The number of carboxylic acids is 1. The van der Waals surface area contributed by atoms with Gasteiger partial charge in [-0.3, -0.25) is 4.79 Å². The van der Waals surface area contributed by atoms with Gasteiger partial charge in [0.15, 0.2) is 5.82 Å². The van der Waals surface area contributed by atoms with Crippen LogP contribution in [-0.4, -0.2) is 40.3 Å². The lowest BCUT2D eigenvalue weighted by molar-refractivity contribution is 0.0692. The predicted octanol–water partition coefficient (Wildman–Crippen LogP) is 3.03. The van der Waals surface area contributed by atoms with E-state index in [1.54, 1.807) is 6.20 Å². The first-order chi connectivity index (χ1) is 15.9. The van der Waals surface area contributed by atoms with Crippen LogP contribution < -0.4 is 27.1 Å². The summed E-state index contributed by atoms with van der Waals surface area (Å²) in [6.07, 6.45) is 6.55. The summed E-state index contributed by atoms with van der Waals surface area (Å²) in [5, 5.41) is 19.1. The summed E-state index contributed by atoms with van der Waals surface area (Å²) in [6.45, 7) is 1.41. The van der Waals surface area contributed by atoms with Gasteiger partial charge in [0, 0.05) is 37.6 Å². The van der Waals surface area contributed by atoms with Gasteiger partial charge >= 0.3 is 5.97 Å². The smallest absolute Gasteiger partial charge is 0.341 e. The standard InChI is InChI=1S/C23H25FN6O3/c24-16-17(25)15-20-19(18(16)29-11-10-27-14-4-1-2-8-26-14)28-9-7-23(5-3-6-23)30(20)12-13(21(15)31)22(32)33/h1-2,4,8,12,28-29H,3,5-7,9-11,25H2,(H,26,27)(H,32,33). The first-order valence-electron chi connectivity index (χ1n) is 11.0. The largest absolute Gasteiger partial charge is 0.477 e. The Kier molecular flexibility index (Phi) is 5.07. The Hall–Kier alpha value is -3.82. The molecule has 2 aliphatic rings. The quantitative estimate of drug-likeness (QED) is 0.285. The van der Waals surface area contributed by atoms with Crippen LogP contribution in [0.1, 0.15) is 36.0 Å². The van der Waals surface area contributed by atoms with Gasteiger partial charge in [0.2, 0.25) is 5.43 Å². The zero-order valence-corrected chi connectivity index (χ0v) is 17.9. The summed E-state index contributed by atoms with van der Waals surface area (Å²) in [7, 11) is 0. The third-order valence-electron chi connectivity index (χ3n) is 6.74. The summed E-state index contributed by atoms with van der Waals surface area (Å²) in [5.41, 5.74) is 5.38. The number of anilines is 4. The molecule has 1 spiro atoms. The Morgan fingerprint density at radius 2 is 2.06 bits per heavy atom. The first-order valence-corrected chi connectivity index (χ1v) is 11.0. The van der Waals surface area contributed by atoms with Crippen molar-refractivity contribution in [3.63, 3.8) is 0 Å². The minimum atomic E-state index is -1.35. The SMILES string of the molecule is Nc1c(F)c(NCCNc2ccccn2)c2c3c1c(=O)c(C(=O)O)cn3C1(CCC1)CCN2. The number of nitrogens with one attached hydrogen (secondary N) is 3. The van der Waals surface area contributed by atoms with Crippen LogP contribution in [0.25, 0.3) is 10.9 Å². The summed E-state index contributed by atoms with van der Waals surface area (Å²) < 4.78 is 17.3. The van der Waals surface area contributed by atoms with Crippen LogP contribution in [0.2, 0.25) is 0 Å². The Morgan fingerprint density at radius 3 is 2.73 bits per heavy atom. The number of benzene rings is 1. The maximum atomic E-state index is 15.5. The second-order valence-corrected chi connectivity index (χ2v) is 8.57. The molecule has 9 nitrogen and oxygen atoms in total. The molecular weight excluding hydrogens is 427 g/mol. The van der Waals surface area contributed by atoms with E-state index in [1.807, 2.05) is 22.8 Å². The molecule has 1 fully saturated rings. The summed E-state index contributed by atoms with van der Waals surface area (Å²) >= 11 is 0. The lowest BCUT2D eigenvalue weighted by Crippen LogP contribution is -2.42. The number of aromatic nitrogens is 2. The number of rotatable bonds is 6. The van der Waals surface area contributed by atoms with Crippen molar-refractivity contribution < 1.29 is 14.3 Å². The van der Waals surface area contributed by atoms with Gasteiger partial charge < -0.3 is 31.4 Å². The second-order valence-electron chi connectivity index (χ2n) is 8.57. The van der Waals surface area contributed by atoms with Gasteiger partial charge in [0.25, 0.3) is 0 Å². The molecule has 5 rings (SSSR count). The molecule has 6 N–H and O–H groups in total. The molecule has 0 radical (unpaired) electrons. The number of aromatic carboxylic acids is 1. The fourth-order valence-corrected chi connectivity index (χ4v) is 4.91. The number of nitrogen functional groups attached to an aromatic ring is 1. The number of hydrogen-bond donors (Lipinski definition) is 5. The monoisotopic (exact) mass is 452 g/mol. The molecular formula is C23H25FN6O3. The van der Waals surface area contributed by atoms with Crippen LogP contribution in [0.4, 0.5) is 27.3 Å². The van der Waals surface area contributed by atoms with Gasteiger partial charge in [-0.05, 0) is 37.8 Å². The van der Waals surface area contributed by atoms with Gasteiger partial charge in [-0.1, -0.05) is 6.07 Å². The fraction of sp³-hybridized carbons (Fsp3) is 0.348. The molecule has 2 aromatic heterocycles. The number of hydrogen-bond acceptors (Lipinski definition) is 7. The zero-order valence-electron chi connectivity index (χ0n) is 17.9. The Balaban J connectivity index is 1.61.